The molecule has 4 heteroatoms. The van der Waals surface area contributed by atoms with Gasteiger partial charge in [0, 0.05) is 11.0 Å². The van der Waals surface area contributed by atoms with Gasteiger partial charge in [0.05, 0.1) is 18.3 Å². The molecule has 0 spiro atoms. The molecule has 0 aromatic heterocycles. The summed E-state index contributed by atoms with van der Waals surface area (Å²) in [7, 11) is 1.69. The summed E-state index contributed by atoms with van der Waals surface area (Å²) in [5, 5.41) is 0. The maximum absolute atomic E-state index is 15.4. The van der Waals surface area contributed by atoms with Gasteiger partial charge in [-0.15, -0.1) is 0 Å². The van der Waals surface area contributed by atoms with Crippen molar-refractivity contribution in [1.29, 1.82) is 0 Å². The smallest absolute Gasteiger partial charge is 0.146 e. The van der Waals surface area contributed by atoms with E-state index in [2.05, 4.69) is 84.1 Å². The molecule has 1 aliphatic heterocycles. The molecule has 0 aliphatic carbocycles. The highest BCUT2D eigenvalue weighted by atomic mass is 79.9. The first kappa shape index (κ1) is 21.9. The second kappa shape index (κ2) is 8.66. The first-order valence-corrected chi connectivity index (χ1v) is 11.6. The number of methoxy groups -OCH3 is 1. The van der Waals surface area contributed by atoms with E-state index >= 15 is 4.39 Å². The number of halogens is 2. The highest BCUT2D eigenvalue weighted by Gasteiger charge is 2.41. The first-order chi connectivity index (χ1) is 14.8. The van der Waals surface area contributed by atoms with Gasteiger partial charge in [-0.05, 0) is 84.3 Å². The quantitative estimate of drug-likeness (QED) is 0.384. The van der Waals surface area contributed by atoms with Gasteiger partial charge in [0.2, 0.25) is 0 Å². The summed E-state index contributed by atoms with van der Waals surface area (Å²) in [6.07, 6.45) is 1.72. The standard InChI is InChI=1S/C27H29BrFNO/c1-18(2)15-19-5-12-26(25(29)16-19)30-14-13-20-17-23(31-4)10-11-24(20)27(30,3)21-6-8-22(28)9-7-21/h5-12,16-18H,13-15H2,1-4H3. The van der Waals surface area contributed by atoms with Crippen LogP contribution in [0, 0.1) is 11.7 Å². The summed E-state index contributed by atoms with van der Waals surface area (Å²) in [6.45, 7) is 7.24. The first-order valence-electron chi connectivity index (χ1n) is 10.8. The second-order valence-corrected chi connectivity index (χ2v) is 9.80. The number of hydrogen-bond acceptors (Lipinski definition) is 2. The van der Waals surface area contributed by atoms with Crippen LogP contribution in [0.1, 0.15) is 43.0 Å². The van der Waals surface area contributed by atoms with Crippen LogP contribution in [-0.4, -0.2) is 13.7 Å². The molecule has 0 saturated carbocycles. The lowest BCUT2D eigenvalue weighted by molar-refractivity contribution is 0.411. The van der Waals surface area contributed by atoms with Crippen LogP contribution in [0.2, 0.25) is 0 Å². The Morgan fingerprint density at radius 3 is 2.45 bits per heavy atom. The zero-order valence-corrected chi connectivity index (χ0v) is 20.2. The van der Waals surface area contributed by atoms with Crippen molar-refractivity contribution >= 4 is 21.6 Å². The Morgan fingerprint density at radius 2 is 1.81 bits per heavy atom. The number of fused-ring (bicyclic) bond motifs is 1. The third-order valence-electron chi connectivity index (χ3n) is 6.33. The molecular weight excluding hydrogens is 453 g/mol. The molecule has 3 aromatic carbocycles. The van der Waals surface area contributed by atoms with E-state index in [4.69, 9.17) is 4.74 Å². The molecule has 2 nitrogen and oxygen atoms in total. The Bertz CT molecular complexity index is 1080. The average molecular weight is 482 g/mol. The number of nitrogens with zero attached hydrogens (tertiary/aromatic N) is 1. The van der Waals surface area contributed by atoms with Crippen molar-refractivity contribution < 1.29 is 9.13 Å². The van der Waals surface area contributed by atoms with Crippen LogP contribution in [0.3, 0.4) is 0 Å². The minimum atomic E-state index is -0.499. The zero-order chi connectivity index (χ0) is 22.2. The molecule has 1 aliphatic rings. The fourth-order valence-corrected chi connectivity index (χ4v) is 5.06. The van der Waals surface area contributed by atoms with E-state index < -0.39 is 5.54 Å². The van der Waals surface area contributed by atoms with Crippen LogP contribution in [0.25, 0.3) is 0 Å². The predicted molar refractivity (Wildman–Crippen MR) is 130 cm³/mol. The van der Waals surface area contributed by atoms with Crippen molar-refractivity contribution in [3.05, 3.63) is 93.2 Å². The van der Waals surface area contributed by atoms with E-state index in [0.717, 1.165) is 40.7 Å². The summed E-state index contributed by atoms with van der Waals surface area (Å²) >= 11 is 3.55. The number of ether oxygens (including phenoxy) is 1. The Morgan fingerprint density at radius 1 is 1.06 bits per heavy atom. The summed E-state index contributed by atoms with van der Waals surface area (Å²) in [6, 6.07) is 20.4. The Balaban J connectivity index is 1.86. The molecule has 0 saturated heterocycles. The Kier molecular flexibility index (Phi) is 6.11. The molecule has 1 atom stereocenters. The SMILES string of the molecule is COc1ccc2c(c1)CCN(c1ccc(CC(C)C)cc1F)C2(C)c1ccc(Br)cc1. The number of anilines is 1. The van der Waals surface area contributed by atoms with Gasteiger partial charge >= 0.3 is 0 Å². The number of hydrogen-bond donors (Lipinski definition) is 0. The fourth-order valence-electron chi connectivity index (χ4n) is 4.79. The van der Waals surface area contributed by atoms with Crippen LogP contribution >= 0.6 is 15.9 Å². The molecule has 0 amide bonds. The fraction of sp³-hybridized carbons (Fsp3) is 0.333. The average Bonchev–Trinajstić information content (AvgIpc) is 2.74. The third-order valence-corrected chi connectivity index (χ3v) is 6.86. The molecule has 0 radical (unpaired) electrons. The third kappa shape index (κ3) is 4.10. The highest BCUT2D eigenvalue weighted by molar-refractivity contribution is 9.10. The summed E-state index contributed by atoms with van der Waals surface area (Å²) in [5.41, 5.74) is 4.77. The molecule has 1 heterocycles. The normalized spacial score (nSPS) is 18.2. The van der Waals surface area contributed by atoms with Crippen LogP contribution in [0.5, 0.6) is 5.75 Å². The molecule has 0 N–H and O–H groups in total. The van der Waals surface area contributed by atoms with E-state index in [-0.39, 0.29) is 5.82 Å². The topological polar surface area (TPSA) is 12.5 Å². The molecule has 4 rings (SSSR count). The second-order valence-electron chi connectivity index (χ2n) is 8.89. The molecular formula is C27H29BrFNO. The van der Waals surface area contributed by atoms with Gasteiger partial charge in [-0.2, -0.15) is 0 Å². The van der Waals surface area contributed by atoms with Gasteiger partial charge in [0.15, 0.2) is 0 Å². The van der Waals surface area contributed by atoms with E-state index in [0.29, 0.717) is 11.6 Å². The molecule has 162 valence electrons. The van der Waals surface area contributed by atoms with Crippen molar-refractivity contribution in [2.75, 3.05) is 18.6 Å². The lowest BCUT2D eigenvalue weighted by Crippen LogP contribution is -2.50. The maximum Gasteiger partial charge on any atom is 0.146 e. The van der Waals surface area contributed by atoms with Crippen LogP contribution in [0.4, 0.5) is 10.1 Å². The van der Waals surface area contributed by atoms with Gasteiger partial charge < -0.3 is 9.64 Å². The van der Waals surface area contributed by atoms with Crippen molar-refractivity contribution in [3.63, 3.8) is 0 Å². The summed E-state index contributed by atoms with van der Waals surface area (Å²) < 4.78 is 21.9. The largest absolute Gasteiger partial charge is 0.497 e. The van der Waals surface area contributed by atoms with Crippen LogP contribution < -0.4 is 9.64 Å². The van der Waals surface area contributed by atoms with E-state index in [1.165, 1.54) is 11.1 Å². The van der Waals surface area contributed by atoms with E-state index in [1.807, 2.05) is 12.1 Å². The lowest BCUT2D eigenvalue weighted by atomic mass is 9.76. The summed E-state index contributed by atoms with van der Waals surface area (Å²) in [4.78, 5) is 2.22. The maximum atomic E-state index is 15.4. The van der Waals surface area contributed by atoms with E-state index in [1.54, 1.807) is 13.2 Å². The Hall–Kier alpha value is -2.33. The molecule has 0 bridgehead atoms. The van der Waals surface area contributed by atoms with Crippen LogP contribution in [0.15, 0.2) is 65.1 Å². The van der Waals surface area contributed by atoms with Crippen molar-refractivity contribution in [2.45, 2.75) is 39.2 Å². The van der Waals surface area contributed by atoms with E-state index in [9.17, 15) is 0 Å². The number of rotatable bonds is 5. The minimum absolute atomic E-state index is 0.154. The van der Waals surface area contributed by atoms with Crippen LogP contribution in [-0.2, 0) is 18.4 Å². The van der Waals surface area contributed by atoms with Gasteiger partial charge in [-0.1, -0.05) is 54.0 Å². The minimum Gasteiger partial charge on any atom is -0.497 e. The Labute approximate surface area is 193 Å². The van der Waals surface area contributed by atoms with Crippen molar-refractivity contribution in [3.8, 4) is 5.75 Å². The molecule has 0 fully saturated rings. The van der Waals surface area contributed by atoms with Gasteiger partial charge in [-0.3, -0.25) is 0 Å². The summed E-state index contributed by atoms with van der Waals surface area (Å²) in [5.74, 6) is 1.20. The monoisotopic (exact) mass is 481 g/mol. The highest BCUT2D eigenvalue weighted by Crippen LogP contribution is 2.45. The van der Waals surface area contributed by atoms with Crippen molar-refractivity contribution in [2.24, 2.45) is 5.92 Å². The molecule has 1 unspecified atom stereocenters. The number of benzene rings is 3. The molecule has 31 heavy (non-hydrogen) atoms. The van der Waals surface area contributed by atoms with Crippen molar-refractivity contribution in [1.82, 2.24) is 0 Å². The van der Waals surface area contributed by atoms with Gasteiger partial charge in [0.25, 0.3) is 0 Å². The lowest BCUT2D eigenvalue weighted by Gasteiger charge is -2.48. The predicted octanol–water partition coefficient (Wildman–Crippen LogP) is 7.12. The zero-order valence-electron chi connectivity index (χ0n) is 18.6. The van der Waals surface area contributed by atoms with Gasteiger partial charge in [0.1, 0.15) is 11.6 Å². The molecule has 3 aromatic rings. The van der Waals surface area contributed by atoms with Gasteiger partial charge in [-0.25, -0.2) is 4.39 Å².